The van der Waals surface area contributed by atoms with Crippen LogP contribution in [0.3, 0.4) is 0 Å². The molecule has 168 valence electrons. The number of carbonyl (C=O) groups excluding carboxylic acids is 2. The fraction of sp³-hybridized carbons (Fsp3) is 0.167. The number of para-hydroxylation sites is 1. The average Bonchev–Trinajstić information content (AvgIpc) is 2.88. The average molecular weight is 445 g/mol. The second-order valence-corrected chi connectivity index (χ2v) is 7.58. The van der Waals surface area contributed by atoms with Crippen LogP contribution in [0.5, 0.6) is 0 Å². The highest BCUT2D eigenvalue weighted by Crippen LogP contribution is 2.18. The number of piperazine rings is 1. The minimum Gasteiger partial charge on any atom is -0.368 e. The first-order valence-electron chi connectivity index (χ1n) is 10.5. The van der Waals surface area contributed by atoms with Gasteiger partial charge in [0.05, 0.1) is 10.6 Å². The van der Waals surface area contributed by atoms with Gasteiger partial charge in [0.25, 0.3) is 17.5 Å². The molecule has 0 unspecified atom stereocenters. The van der Waals surface area contributed by atoms with E-state index in [9.17, 15) is 19.7 Å². The Labute approximate surface area is 190 Å². The van der Waals surface area contributed by atoms with E-state index in [1.165, 1.54) is 24.3 Å². The van der Waals surface area contributed by atoms with Gasteiger partial charge in [0, 0.05) is 55.1 Å². The first-order chi connectivity index (χ1) is 16.0. The minimum absolute atomic E-state index is 0.0239. The summed E-state index contributed by atoms with van der Waals surface area (Å²) in [5.41, 5.74) is 7.88. The third kappa shape index (κ3) is 5.27. The lowest BCUT2D eigenvalue weighted by atomic mass is 10.1. The molecule has 4 rings (SSSR count). The van der Waals surface area contributed by atoms with Gasteiger partial charge in [-0.3, -0.25) is 30.6 Å². The van der Waals surface area contributed by atoms with Crippen molar-refractivity contribution in [3.8, 4) is 0 Å². The zero-order chi connectivity index (χ0) is 23.2. The monoisotopic (exact) mass is 445 g/mol. The number of anilines is 2. The van der Waals surface area contributed by atoms with Crippen molar-refractivity contribution in [1.82, 2.24) is 10.3 Å². The molecule has 0 aliphatic carbocycles. The first-order valence-corrected chi connectivity index (χ1v) is 10.5. The number of nitrogens with zero attached hydrogens (tertiary/aromatic N) is 3. The van der Waals surface area contributed by atoms with Crippen LogP contribution < -0.4 is 15.8 Å². The molecule has 2 N–H and O–H groups in total. The second-order valence-electron chi connectivity index (χ2n) is 7.58. The molecule has 0 aromatic heterocycles. The Hall–Kier alpha value is -4.40. The van der Waals surface area contributed by atoms with E-state index in [0.717, 1.165) is 18.8 Å². The van der Waals surface area contributed by atoms with Crippen molar-refractivity contribution in [3.05, 3.63) is 100 Å². The zero-order valence-corrected chi connectivity index (χ0v) is 17.8. The highest BCUT2D eigenvalue weighted by molar-refractivity contribution is 5.96. The van der Waals surface area contributed by atoms with E-state index in [-0.39, 0.29) is 17.2 Å². The van der Waals surface area contributed by atoms with E-state index < -0.39 is 10.8 Å². The van der Waals surface area contributed by atoms with E-state index >= 15 is 0 Å². The molecule has 0 saturated carbocycles. The van der Waals surface area contributed by atoms with Crippen LogP contribution in [0.2, 0.25) is 0 Å². The van der Waals surface area contributed by atoms with Crippen molar-refractivity contribution in [2.24, 2.45) is 0 Å². The largest absolute Gasteiger partial charge is 0.368 e. The summed E-state index contributed by atoms with van der Waals surface area (Å²) in [5.74, 6) is -0.453. The summed E-state index contributed by atoms with van der Waals surface area (Å²) in [6.45, 7) is 2.87. The topological polar surface area (TPSA) is 108 Å². The van der Waals surface area contributed by atoms with Crippen LogP contribution in [-0.4, -0.2) is 47.8 Å². The van der Waals surface area contributed by atoms with Gasteiger partial charge in [0.1, 0.15) is 0 Å². The highest BCUT2D eigenvalue weighted by atomic mass is 16.6. The van der Waals surface area contributed by atoms with Crippen molar-refractivity contribution in [2.45, 2.75) is 0 Å². The number of rotatable bonds is 6. The van der Waals surface area contributed by atoms with Gasteiger partial charge in [-0.1, -0.05) is 18.2 Å². The molecule has 9 heteroatoms. The maximum absolute atomic E-state index is 12.9. The molecule has 0 radical (unpaired) electrons. The quantitative estimate of drug-likeness (QED) is 0.445. The van der Waals surface area contributed by atoms with E-state index in [1.54, 1.807) is 24.3 Å². The first kappa shape index (κ1) is 21.8. The normalized spacial score (nSPS) is 13.3. The van der Waals surface area contributed by atoms with Crippen LogP contribution >= 0.6 is 0 Å². The van der Waals surface area contributed by atoms with Crippen LogP contribution in [-0.2, 0) is 0 Å². The van der Waals surface area contributed by atoms with Gasteiger partial charge in [-0.25, -0.2) is 0 Å². The van der Waals surface area contributed by atoms with Crippen LogP contribution in [0, 0.1) is 10.1 Å². The fourth-order valence-corrected chi connectivity index (χ4v) is 3.62. The lowest BCUT2D eigenvalue weighted by molar-refractivity contribution is -0.384. The van der Waals surface area contributed by atoms with E-state index in [2.05, 4.69) is 27.9 Å². The number of carbonyl (C=O) groups is 2. The molecule has 9 nitrogen and oxygen atoms in total. The number of benzene rings is 3. The summed E-state index contributed by atoms with van der Waals surface area (Å²) in [5, 5.41) is 10.7. The Morgan fingerprint density at radius 2 is 1.39 bits per heavy atom. The lowest BCUT2D eigenvalue weighted by Gasteiger charge is -2.36. The molecule has 33 heavy (non-hydrogen) atoms. The molecule has 1 fully saturated rings. The van der Waals surface area contributed by atoms with Gasteiger partial charge in [-0.05, 0) is 48.5 Å². The molecular formula is C24H23N5O4. The predicted octanol–water partition coefficient (Wildman–Crippen LogP) is 3.31. The molecule has 1 heterocycles. The summed E-state index contributed by atoms with van der Waals surface area (Å²) in [6, 6.07) is 22.3. The van der Waals surface area contributed by atoms with Crippen LogP contribution in [0.25, 0.3) is 0 Å². The molecule has 3 aromatic rings. The lowest BCUT2D eigenvalue weighted by Crippen LogP contribution is -2.48. The molecule has 1 aliphatic heterocycles. The fourth-order valence-electron chi connectivity index (χ4n) is 3.62. The zero-order valence-electron chi connectivity index (χ0n) is 17.8. The summed E-state index contributed by atoms with van der Waals surface area (Å²) in [7, 11) is 0. The number of hydrogen-bond acceptors (Lipinski definition) is 6. The Balaban J connectivity index is 1.28. The van der Waals surface area contributed by atoms with Crippen LogP contribution in [0.1, 0.15) is 20.7 Å². The number of nitro benzene ring substituents is 1. The van der Waals surface area contributed by atoms with Gasteiger partial charge in [0.2, 0.25) is 0 Å². The van der Waals surface area contributed by atoms with Gasteiger partial charge < -0.3 is 9.80 Å². The van der Waals surface area contributed by atoms with Crippen molar-refractivity contribution in [1.29, 1.82) is 0 Å². The maximum Gasteiger partial charge on any atom is 0.269 e. The Bertz CT molecular complexity index is 1130. The van der Waals surface area contributed by atoms with Gasteiger partial charge in [0.15, 0.2) is 0 Å². The van der Waals surface area contributed by atoms with E-state index in [1.807, 2.05) is 23.1 Å². The molecule has 1 aliphatic rings. The number of hydrazine groups is 1. The number of amides is 2. The van der Waals surface area contributed by atoms with E-state index in [0.29, 0.717) is 24.3 Å². The van der Waals surface area contributed by atoms with Crippen LogP contribution in [0.4, 0.5) is 17.1 Å². The van der Waals surface area contributed by atoms with Crippen molar-refractivity contribution < 1.29 is 14.5 Å². The molecule has 2 amide bonds. The molecule has 0 bridgehead atoms. The summed E-state index contributed by atoms with van der Waals surface area (Å²) in [6.07, 6.45) is 0. The number of hydrogen-bond donors (Lipinski definition) is 2. The summed E-state index contributed by atoms with van der Waals surface area (Å²) < 4.78 is 0. The number of non-ortho nitro benzene ring substituents is 1. The smallest absolute Gasteiger partial charge is 0.269 e. The maximum atomic E-state index is 12.9. The van der Waals surface area contributed by atoms with Crippen LogP contribution in [0.15, 0.2) is 78.9 Å². The third-order valence-electron chi connectivity index (χ3n) is 5.48. The Kier molecular flexibility index (Phi) is 6.49. The van der Waals surface area contributed by atoms with Crippen molar-refractivity contribution in [3.63, 3.8) is 0 Å². The summed E-state index contributed by atoms with van der Waals surface area (Å²) in [4.78, 5) is 39.3. The SMILES string of the molecule is O=C(NNc1ccc(C(=O)N2CCN(c3ccccc3)CC2)cc1)c1ccc([N+](=O)[O-])cc1. The number of nitrogens with one attached hydrogen (secondary N) is 2. The third-order valence-corrected chi connectivity index (χ3v) is 5.48. The second kappa shape index (κ2) is 9.82. The van der Waals surface area contributed by atoms with E-state index in [4.69, 9.17) is 0 Å². The van der Waals surface area contributed by atoms with Crippen molar-refractivity contribution >= 4 is 28.9 Å². The molecule has 0 atom stereocenters. The van der Waals surface area contributed by atoms with Crippen molar-refractivity contribution in [2.75, 3.05) is 36.5 Å². The van der Waals surface area contributed by atoms with Gasteiger partial charge >= 0.3 is 0 Å². The molecule has 1 saturated heterocycles. The minimum atomic E-state index is -0.522. The predicted molar refractivity (Wildman–Crippen MR) is 125 cm³/mol. The molecule has 0 spiro atoms. The molecular weight excluding hydrogens is 422 g/mol. The highest BCUT2D eigenvalue weighted by Gasteiger charge is 2.22. The Morgan fingerprint density at radius 3 is 2.00 bits per heavy atom. The number of nitro groups is 1. The van der Waals surface area contributed by atoms with Gasteiger partial charge in [-0.2, -0.15) is 0 Å². The van der Waals surface area contributed by atoms with Gasteiger partial charge in [-0.15, -0.1) is 0 Å². The molecule has 3 aromatic carbocycles. The summed E-state index contributed by atoms with van der Waals surface area (Å²) >= 11 is 0. The standard InChI is InChI=1S/C24H23N5O4/c30-23(18-8-12-22(13-9-18)29(32)33)26-25-20-10-6-19(7-11-20)24(31)28-16-14-27(15-17-28)21-4-2-1-3-5-21/h1-13,25H,14-17H2,(H,26,30). The Morgan fingerprint density at radius 1 is 0.788 bits per heavy atom.